The number of nitrogens with two attached hydrogens (primary N) is 1. The molecule has 0 atom stereocenters. The lowest BCUT2D eigenvalue weighted by Gasteiger charge is -2.26. The second-order valence-corrected chi connectivity index (χ2v) is 4.11. The predicted molar refractivity (Wildman–Crippen MR) is 64.5 cm³/mol. The van der Waals surface area contributed by atoms with Crippen LogP contribution in [0.25, 0.3) is 0 Å². The van der Waals surface area contributed by atoms with Gasteiger partial charge >= 0.3 is 0 Å². The van der Waals surface area contributed by atoms with E-state index in [0.717, 1.165) is 18.7 Å². The number of hydrogen-bond acceptors (Lipinski definition) is 3. The minimum atomic E-state index is 0.546. The number of rotatable bonds is 5. The van der Waals surface area contributed by atoms with E-state index in [1.807, 2.05) is 12.1 Å². The number of pyridine rings is 1. The predicted octanol–water partition coefficient (Wildman–Crippen LogP) is 2.28. The first-order valence-electron chi connectivity index (χ1n) is 5.58. The molecule has 0 aliphatic rings. The number of hydrogen-bond donors (Lipinski definition) is 1. The van der Waals surface area contributed by atoms with E-state index in [1.165, 1.54) is 6.42 Å². The standard InChI is InChI=1S/C12H21N3/c1-4-8-15(10(2)3)9-11-6-5-7-14-12(11)13/h5-7,10H,4,8-9H2,1-3H3,(H2,13,14). The van der Waals surface area contributed by atoms with E-state index >= 15 is 0 Å². The summed E-state index contributed by atoms with van der Waals surface area (Å²) in [6, 6.07) is 4.54. The highest BCUT2D eigenvalue weighted by atomic mass is 15.1. The Morgan fingerprint density at radius 2 is 2.20 bits per heavy atom. The second kappa shape index (κ2) is 5.71. The minimum Gasteiger partial charge on any atom is -0.383 e. The van der Waals surface area contributed by atoms with Crippen molar-refractivity contribution in [3.8, 4) is 0 Å². The van der Waals surface area contributed by atoms with Gasteiger partial charge in [0.1, 0.15) is 5.82 Å². The number of aromatic nitrogens is 1. The van der Waals surface area contributed by atoms with Gasteiger partial charge in [0.2, 0.25) is 0 Å². The zero-order chi connectivity index (χ0) is 11.3. The zero-order valence-corrected chi connectivity index (χ0v) is 9.90. The van der Waals surface area contributed by atoms with E-state index in [0.29, 0.717) is 11.9 Å². The van der Waals surface area contributed by atoms with Crippen LogP contribution in [0.2, 0.25) is 0 Å². The molecule has 0 spiro atoms. The molecular formula is C12H21N3. The van der Waals surface area contributed by atoms with Crippen molar-refractivity contribution in [2.75, 3.05) is 12.3 Å². The Kier molecular flexibility index (Phi) is 4.56. The van der Waals surface area contributed by atoms with Gasteiger partial charge in [0.25, 0.3) is 0 Å². The molecule has 1 aromatic heterocycles. The first-order chi connectivity index (χ1) is 7.15. The Hall–Kier alpha value is -1.09. The molecule has 0 saturated heterocycles. The summed E-state index contributed by atoms with van der Waals surface area (Å²) >= 11 is 0. The van der Waals surface area contributed by atoms with Gasteiger partial charge < -0.3 is 5.73 Å². The van der Waals surface area contributed by atoms with Crippen LogP contribution in [0.4, 0.5) is 5.82 Å². The molecule has 0 fully saturated rings. The molecule has 0 amide bonds. The van der Waals surface area contributed by atoms with Gasteiger partial charge in [0.15, 0.2) is 0 Å². The van der Waals surface area contributed by atoms with Crippen molar-refractivity contribution in [3.05, 3.63) is 23.9 Å². The smallest absolute Gasteiger partial charge is 0.127 e. The summed E-state index contributed by atoms with van der Waals surface area (Å²) in [6.07, 6.45) is 2.90. The van der Waals surface area contributed by atoms with E-state index in [-0.39, 0.29) is 0 Å². The van der Waals surface area contributed by atoms with Crippen LogP contribution in [-0.2, 0) is 6.54 Å². The maximum atomic E-state index is 5.83. The topological polar surface area (TPSA) is 42.2 Å². The molecule has 1 heterocycles. The second-order valence-electron chi connectivity index (χ2n) is 4.11. The van der Waals surface area contributed by atoms with Crippen molar-refractivity contribution in [2.45, 2.75) is 39.8 Å². The van der Waals surface area contributed by atoms with Crippen LogP contribution in [0.15, 0.2) is 18.3 Å². The van der Waals surface area contributed by atoms with Gasteiger partial charge in [-0.3, -0.25) is 4.90 Å². The fourth-order valence-corrected chi connectivity index (χ4v) is 1.61. The van der Waals surface area contributed by atoms with Crippen LogP contribution in [0.3, 0.4) is 0 Å². The molecule has 0 aromatic carbocycles. The van der Waals surface area contributed by atoms with Crippen LogP contribution in [0, 0.1) is 0 Å². The van der Waals surface area contributed by atoms with E-state index in [2.05, 4.69) is 30.7 Å². The van der Waals surface area contributed by atoms with E-state index in [1.54, 1.807) is 6.20 Å². The van der Waals surface area contributed by atoms with E-state index in [9.17, 15) is 0 Å². The third kappa shape index (κ3) is 3.51. The average Bonchev–Trinajstić information content (AvgIpc) is 2.20. The molecule has 0 aliphatic heterocycles. The quantitative estimate of drug-likeness (QED) is 0.805. The van der Waals surface area contributed by atoms with E-state index < -0.39 is 0 Å². The summed E-state index contributed by atoms with van der Waals surface area (Å²) in [7, 11) is 0. The first kappa shape index (κ1) is 12.0. The molecule has 2 N–H and O–H groups in total. The van der Waals surface area contributed by atoms with Gasteiger partial charge in [-0.25, -0.2) is 4.98 Å². The minimum absolute atomic E-state index is 0.546. The highest BCUT2D eigenvalue weighted by Gasteiger charge is 2.10. The molecule has 0 bridgehead atoms. The molecule has 3 heteroatoms. The fourth-order valence-electron chi connectivity index (χ4n) is 1.61. The van der Waals surface area contributed by atoms with E-state index in [4.69, 9.17) is 5.73 Å². The van der Waals surface area contributed by atoms with Gasteiger partial charge in [0.05, 0.1) is 0 Å². The normalized spacial score (nSPS) is 11.3. The van der Waals surface area contributed by atoms with Crippen molar-refractivity contribution in [2.24, 2.45) is 0 Å². The van der Waals surface area contributed by atoms with Crippen LogP contribution in [0.1, 0.15) is 32.8 Å². The highest BCUT2D eigenvalue weighted by molar-refractivity contribution is 5.38. The third-order valence-electron chi connectivity index (χ3n) is 2.54. The Morgan fingerprint density at radius 1 is 1.47 bits per heavy atom. The summed E-state index contributed by atoms with van der Waals surface area (Å²) in [5.74, 6) is 0.652. The summed E-state index contributed by atoms with van der Waals surface area (Å²) in [5.41, 5.74) is 6.95. The van der Waals surface area contributed by atoms with Crippen molar-refractivity contribution in [1.82, 2.24) is 9.88 Å². The largest absolute Gasteiger partial charge is 0.383 e. The van der Waals surface area contributed by atoms with Crippen LogP contribution < -0.4 is 5.73 Å². The Balaban J connectivity index is 2.69. The molecule has 15 heavy (non-hydrogen) atoms. The summed E-state index contributed by atoms with van der Waals surface area (Å²) < 4.78 is 0. The van der Waals surface area contributed by atoms with Gasteiger partial charge in [-0.2, -0.15) is 0 Å². The van der Waals surface area contributed by atoms with Crippen molar-refractivity contribution >= 4 is 5.82 Å². The van der Waals surface area contributed by atoms with Crippen LogP contribution in [0.5, 0.6) is 0 Å². The SMILES string of the molecule is CCCN(Cc1cccnc1N)C(C)C. The van der Waals surface area contributed by atoms with Crippen molar-refractivity contribution in [1.29, 1.82) is 0 Å². The number of nitrogens with zero attached hydrogens (tertiary/aromatic N) is 2. The molecule has 0 radical (unpaired) electrons. The average molecular weight is 207 g/mol. The monoisotopic (exact) mass is 207 g/mol. The lowest BCUT2D eigenvalue weighted by molar-refractivity contribution is 0.213. The molecule has 1 aromatic rings. The molecule has 84 valence electrons. The van der Waals surface area contributed by atoms with Gasteiger partial charge in [-0.05, 0) is 32.9 Å². The van der Waals surface area contributed by atoms with Crippen molar-refractivity contribution < 1.29 is 0 Å². The fraction of sp³-hybridized carbons (Fsp3) is 0.583. The van der Waals surface area contributed by atoms with Crippen LogP contribution in [-0.4, -0.2) is 22.5 Å². The number of nitrogen functional groups attached to an aromatic ring is 1. The van der Waals surface area contributed by atoms with Gasteiger partial charge in [-0.15, -0.1) is 0 Å². The Bertz CT molecular complexity index is 297. The molecule has 0 unspecified atom stereocenters. The van der Waals surface area contributed by atoms with Crippen molar-refractivity contribution in [3.63, 3.8) is 0 Å². The van der Waals surface area contributed by atoms with Gasteiger partial charge in [-0.1, -0.05) is 13.0 Å². The lowest BCUT2D eigenvalue weighted by Crippen LogP contribution is -2.31. The molecule has 1 rings (SSSR count). The maximum Gasteiger partial charge on any atom is 0.127 e. The molecule has 3 nitrogen and oxygen atoms in total. The zero-order valence-electron chi connectivity index (χ0n) is 9.90. The summed E-state index contributed by atoms with van der Waals surface area (Å²) in [4.78, 5) is 6.51. The van der Waals surface area contributed by atoms with Crippen LogP contribution >= 0.6 is 0 Å². The molecule has 0 saturated carbocycles. The Labute approximate surface area is 92.3 Å². The Morgan fingerprint density at radius 3 is 2.73 bits per heavy atom. The summed E-state index contributed by atoms with van der Waals surface area (Å²) in [5, 5.41) is 0. The third-order valence-corrected chi connectivity index (χ3v) is 2.54. The molecule has 0 aliphatic carbocycles. The first-order valence-corrected chi connectivity index (χ1v) is 5.58. The summed E-state index contributed by atoms with van der Waals surface area (Å²) in [6.45, 7) is 8.61. The molecular weight excluding hydrogens is 186 g/mol. The maximum absolute atomic E-state index is 5.83. The lowest BCUT2D eigenvalue weighted by atomic mass is 10.2. The highest BCUT2D eigenvalue weighted by Crippen LogP contribution is 2.12. The van der Waals surface area contributed by atoms with Gasteiger partial charge in [0, 0.05) is 24.3 Å². The number of anilines is 1.